The normalized spacial score (nSPS) is 11.8. The third kappa shape index (κ3) is 4.49. The van der Waals surface area contributed by atoms with E-state index in [4.69, 9.17) is 0 Å². The Morgan fingerprint density at radius 1 is 1.09 bits per heavy atom. The largest absolute Gasteiger partial charge is 0.320 e. The van der Waals surface area contributed by atoms with Gasteiger partial charge in [-0.3, -0.25) is 9.59 Å². The highest BCUT2D eigenvalue weighted by molar-refractivity contribution is 5.96. The lowest BCUT2D eigenvalue weighted by Crippen LogP contribution is -2.44. The average Bonchev–Trinajstić information content (AvgIpc) is 2.55. The Hall–Kier alpha value is -2.49. The third-order valence-electron chi connectivity index (χ3n) is 3.85. The minimum absolute atomic E-state index is 0.0129. The topological polar surface area (TPSA) is 50.0 Å². The first-order chi connectivity index (χ1) is 11.0. The number of hydrogen-bond acceptors (Lipinski definition) is 2. The second kappa shape index (κ2) is 7.68. The molecule has 4 nitrogen and oxygen atoms in total. The van der Waals surface area contributed by atoms with Crippen LogP contribution in [0.1, 0.15) is 49.2 Å². The van der Waals surface area contributed by atoms with Crippen LogP contribution in [0.15, 0.2) is 48.8 Å². The lowest BCUT2D eigenvalue weighted by Gasteiger charge is -2.09. The molecule has 0 spiro atoms. The molecule has 1 N–H and O–H groups in total. The van der Waals surface area contributed by atoms with E-state index < -0.39 is 0 Å². The Balaban J connectivity index is 2.02. The van der Waals surface area contributed by atoms with E-state index in [0.29, 0.717) is 11.3 Å². The summed E-state index contributed by atoms with van der Waals surface area (Å²) < 4.78 is 1.89. The van der Waals surface area contributed by atoms with Gasteiger partial charge in [-0.05, 0) is 43.2 Å². The fourth-order valence-electron chi connectivity index (χ4n) is 2.35. The molecule has 0 bridgehead atoms. The van der Waals surface area contributed by atoms with Crippen LogP contribution in [0.5, 0.6) is 0 Å². The minimum atomic E-state index is -0.307. The van der Waals surface area contributed by atoms with E-state index in [2.05, 4.69) is 24.4 Å². The van der Waals surface area contributed by atoms with Crippen LogP contribution in [0.3, 0.4) is 0 Å². The van der Waals surface area contributed by atoms with Crippen molar-refractivity contribution in [2.24, 2.45) is 0 Å². The van der Waals surface area contributed by atoms with Crippen LogP contribution in [0, 0.1) is 0 Å². The monoisotopic (exact) mass is 311 g/mol. The van der Waals surface area contributed by atoms with Gasteiger partial charge in [0.15, 0.2) is 18.2 Å². The molecule has 2 aromatic rings. The Bertz CT molecular complexity index is 676. The molecule has 120 valence electrons. The summed E-state index contributed by atoms with van der Waals surface area (Å²) in [6, 6.07) is 10.7. The number of anilines is 1. The van der Waals surface area contributed by atoms with Crippen LogP contribution in [-0.4, -0.2) is 11.7 Å². The van der Waals surface area contributed by atoms with E-state index in [1.807, 2.05) is 23.9 Å². The summed E-state index contributed by atoms with van der Waals surface area (Å²) in [4.78, 5) is 23.6. The molecule has 2 rings (SSSR count). The van der Waals surface area contributed by atoms with Gasteiger partial charge in [0.2, 0.25) is 6.04 Å². The lowest BCUT2D eigenvalue weighted by atomic mass is 10.1. The van der Waals surface area contributed by atoms with Crippen molar-refractivity contribution in [2.45, 2.75) is 39.7 Å². The fourth-order valence-corrected chi connectivity index (χ4v) is 2.35. The first-order valence-corrected chi connectivity index (χ1v) is 7.92. The predicted molar refractivity (Wildman–Crippen MR) is 90.4 cm³/mol. The molecule has 1 aromatic heterocycles. The van der Waals surface area contributed by atoms with E-state index in [0.717, 1.165) is 12.8 Å². The summed E-state index contributed by atoms with van der Waals surface area (Å²) in [5.41, 5.74) is 2.60. The molecule has 0 aliphatic carbocycles. The summed E-state index contributed by atoms with van der Waals surface area (Å²) in [5, 5.41) is 2.88. The van der Waals surface area contributed by atoms with Crippen molar-refractivity contribution in [3.63, 3.8) is 0 Å². The molecule has 1 aromatic carbocycles. The summed E-state index contributed by atoms with van der Waals surface area (Å²) in [6.07, 6.45) is 6.03. The zero-order chi connectivity index (χ0) is 16.8. The summed E-state index contributed by atoms with van der Waals surface area (Å²) >= 11 is 0. The number of pyridine rings is 1. The highest BCUT2D eigenvalue weighted by atomic mass is 16.2. The highest BCUT2D eigenvalue weighted by Crippen LogP contribution is 2.11. The van der Waals surface area contributed by atoms with Gasteiger partial charge >= 0.3 is 0 Å². The van der Waals surface area contributed by atoms with Crippen molar-refractivity contribution < 1.29 is 14.2 Å². The van der Waals surface area contributed by atoms with Crippen LogP contribution in [-0.2, 0) is 11.2 Å². The maximum Gasteiger partial charge on any atom is 0.293 e. The Morgan fingerprint density at radius 2 is 1.70 bits per heavy atom. The number of amides is 1. The van der Waals surface area contributed by atoms with Crippen LogP contribution in [0.25, 0.3) is 0 Å². The Kier molecular flexibility index (Phi) is 5.63. The summed E-state index contributed by atoms with van der Waals surface area (Å²) in [7, 11) is 0. The van der Waals surface area contributed by atoms with Crippen molar-refractivity contribution in [1.82, 2.24) is 0 Å². The van der Waals surface area contributed by atoms with Crippen molar-refractivity contribution in [3.05, 3.63) is 59.9 Å². The number of aryl methyl sites for hydroxylation is 1. The van der Waals surface area contributed by atoms with Crippen molar-refractivity contribution in [3.8, 4) is 0 Å². The van der Waals surface area contributed by atoms with Crippen LogP contribution >= 0.6 is 0 Å². The van der Waals surface area contributed by atoms with Gasteiger partial charge in [-0.2, -0.15) is 4.57 Å². The second-order valence-electron chi connectivity index (χ2n) is 5.70. The maximum absolute atomic E-state index is 12.3. The van der Waals surface area contributed by atoms with Crippen molar-refractivity contribution >= 4 is 17.4 Å². The molecule has 0 unspecified atom stereocenters. The predicted octanol–water partition coefficient (Wildman–Crippen LogP) is 3.33. The first kappa shape index (κ1) is 16.9. The molecule has 1 atom stereocenters. The van der Waals surface area contributed by atoms with E-state index in [-0.39, 0.29) is 17.7 Å². The molecule has 0 aliphatic rings. The number of carbonyl (C=O) groups excluding carboxylic acids is 2. The number of aromatic nitrogens is 1. The molecule has 1 heterocycles. The van der Waals surface area contributed by atoms with Gasteiger partial charge < -0.3 is 5.32 Å². The SMILES string of the molecule is CCCc1cc[n+]([C@@H](C)C(=O)Nc2ccc(C(C)=O)cc2)cc1. The van der Waals surface area contributed by atoms with Crippen molar-refractivity contribution in [2.75, 3.05) is 5.32 Å². The van der Waals surface area contributed by atoms with Gasteiger partial charge in [0, 0.05) is 30.3 Å². The molecular weight excluding hydrogens is 288 g/mol. The number of hydrogen-bond donors (Lipinski definition) is 1. The van der Waals surface area contributed by atoms with E-state index in [9.17, 15) is 9.59 Å². The van der Waals surface area contributed by atoms with E-state index in [1.165, 1.54) is 12.5 Å². The minimum Gasteiger partial charge on any atom is -0.320 e. The first-order valence-electron chi connectivity index (χ1n) is 7.92. The van der Waals surface area contributed by atoms with Gasteiger partial charge in [-0.1, -0.05) is 13.3 Å². The molecule has 0 aliphatic heterocycles. The summed E-state index contributed by atoms with van der Waals surface area (Å²) in [6.45, 7) is 5.53. The fraction of sp³-hybridized carbons (Fsp3) is 0.316. The molecule has 23 heavy (non-hydrogen) atoms. The van der Waals surface area contributed by atoms with Gasteiger partial charge in [0.1, 0.15) is 0 Å². The number of ketones is 1. The number of nitrogens with zero attached hydrogens (tertiary/aromatic N) is 1. The molecular formula is C19H23N2O2+. The number of carbonyl (C=O) groups is 2. The smallest absolute Gasteiger partial charge is 0.293 e. The lowest BCUT2D eigenvalue weighted by molar-refractivity contribution is -0.705. The number of nitrogens with one attached hydrogen (secondary N) is 1. The zero-order valence-corrected chi connectivity index (χ0v) is 13.9. The summed E-state index contributed by atoms with van der Waals surface area (Å²) in [5.74, 6) is -0.0761. The number of Topliss-reactive ketones (excluding diaryl/α,β-unsaturated/α-hetero) is 1. The maximum atomic E-state index is 12.3. The number of benzene rings is 1. The zero-order valence-electron chi connectivity index (χ0n) is 13.9. The van der Waals surface area contributed by atoms with Gasteiger partial charge in [-0.15, -0.1) is 0 Å². The van der Waals surface area contributed by atoms with Crippen molar-refractivity contribution in [1.29, 1.82) is 0 Å². The quantitative estimate of drug-likeness (QED) is 0.657. The molecule has 0 saturated carbocycles. The number of rotatable bonds is 6. The standard InChI is InChI=1S/C19H22N2O2/c1-4-5-16-10-12-21(13-11-16)14(2)19(23)20-18-8-6-17(7-9-18)15(3)22/h6-14H,4-5H2,1-3H3/p+1/t14-/m0/s1. The van der Waals surface area contributed by atoms with Gasteiger partial charge in [0.25, 0.3) is 5.91 Å². The molecule has 0 radical (unpaired) electrons. The molecule has 0 fully saturated rings. The highest BCUT2D eigenvalue weighted by Gasteiger charge is 2.21. The molecule has 1 amide bonds. The Morgan fingerprint density at radius 3 is 2.22 bits per heavy atom. The van der Waals surface area contributed by atoms with Crippen LogP contribution in [0.2, 0.25) is 0 Å². The third-order valence-corrected chi connectivity index (χ3v) is 3.85. The molecule has 4 heteroatoms. The Labute approximate surface area is 137 Å². The van der Waals surface area contributed by atoms with Gasteiger partial charge in [0.05, 0.1) is 0 Å². The van der Waals surface area contributed by atoms with Crippen LogP contribution in [0.4, 0.5) is 5.69 Å². The van der Waals surface area contributed by atoms with Gasteiger partial charge in [-0.25, -0.2) is 0 Å². The van der Waals surface area contributed by atoms with Crippen LogP contribution < -0.4 is 9.88 Å². The molecule has 0 saturated heterocycles. The van der Waals surface area contributed by atoms with E-state index in [1.54, 1.807) is 24.3 Å². The van der Waals surface area contributed by atoms with E-state index >= 15 is 0 Å². The second-order valence-corrected chi connectivity index (χ2v) is 5.70. The average molecular weight is 311 g/mol.